The summed E-state index contributed by atoms with van der Waals surface area (Å²) in [5.41, 5.74) is 0. The van der Waals surface area contributed by atoms with E-state index in [1.165, 1.54) is 32.1 Å². The highest BCUT2D eigenvalue weighted by Crippen LogP contribution is 2.34. The predicted molar refractivity (Wildman–Crippen MR) is 52.1 cm³/mol. The Balaban J connectivity index is 1.94. The molecule has 0 aromatic heterocycles. The van der Waals surface area contributed by atoms with Gasteiger partial charge >= 0.3 is 0 Å². The van der Waals surface area contributed by atoms with Gasteiger partial charge in [-0.2, -0.15) is 0 Å². The van der Waals surface area contributed by atoms with Crippen molar-refractivity contribution >= 4 is 0 Å². The van der Waals surface area contributed by atoms with Crippen LogP contribution in [0.5, 0.6) is 0 Å². The van der Waals surface area contributed by atoms with Crippen LogP contribution in [-0.2, 0) is 0 Å². The molecule has 1 aliphatic carbocycles. The third-order valence-electron chi connectivity index (χ3n) is 3.70. The van der Waals surface area contributed by atoms with E-state index < -0.39 is 0 Å². The zero-order chi connectivity index (χ0) is 8.55. The first kappa shape index (κ1) is 8.55. The topological polar surface area (TPSA) is 12.0 Å². The number of hydrogen-bond acceptors (Lipinski definition) is 1. The normalized spacial score (nSPS) is 41.8. The van der Waals surface area contributed by atoms with Crippen LogP contribution in [0.2, 0.25) is 0 Å². The van der Waals surface area contributed by atoms with Gasteiger partial charge in [-0.05, 0) is 31.1 Å². The van der Waals surface area contributed by atoms with Crippen molar-refractivity contribution in [2.75, 3.05) is 0 Å². The first-order chi connectivity index (χ1) is 5.77. The Morgan fingerprint density at radius 1 is 1.17 bits per heavy atom. The smallest absolute Gasteiger partial charge is 0.00986 e. The minimum Gasteiger partial charge on any atom is -0.311 e. The van der Waals surface area contributed by atoms with E-state index in [2.05, 4.69) is 19.2 Å². The molecular weight excluding hydrogens is 146 g/mol. The zero-order valence-electron chi connectivity index (χ0n) is 8.34. The number of nitrogens with one attached hydrogen (secondary N) is 1. The summed E-state index contributed by atoms with van der Waals surface area (Å²) in [5, 5.41) is 3.79. The maximum Gasteiger partial charge on any atom is 0.00986 e. The number of hydrogen-bond donors (Lipinski definition) is 1. The maximum atomic E-state index is 3.79. The largest absolute Gasteiger partial charge is 0.311 e. The summed E-state index contributed by atoms with van der Waals surface area (Å²) in [6.45, 7) is 4.68. The van der Waals surface area contributed by atoms with Crippen LogP contribution in [0.25, 0.3) is 0 Å². The summed E-state index contributed by atoms with van der Waals surface area (Å²) in [7, 11) is 0. The van der Waals surface area contributed by atoms with Crippen LogP contribution in [0.4, 0.5) is 0 Å². The molecule has 0 aromatic carbocycles. The number of rotatable bonds is 1. The molecule has 2 aliphatic rings. The van der Waals surface area contributed by atoms with Gasteiger partial charge in [-0.15, -0.1) is 0 Å². The van der Waals surface area contributed by atoms with Crippen LogP contribution in [-0.4, -0.2) is 12.1 Å². The van der Waals surface area contributed by atoms with E-state index in [1.54, 1.807) is 0 Å². The molecule has 1 aliphatic heterocycles. The average Bonchev–Trinajstić information content (AvgIpc) is 2.46. The Morgan fingerprint density at radius 2 is 1.92 bits per heavy atom. The molecule has 2 rings (SSSR count). The Morgan fingerprint density at radius 3 is 2.58 bits per heavy atom. The van der Waals surface area contributed by atoms with E-state index in [4.69, 9.17) is 0 Å². The summed E-state index contributed by atoms with van der Waals surface area (Å²) >= 11 is 0. The molecule has 1 heteroatoms. The molecule has 3 atom stereocenters. The van der Waals surface area contributed by atoms with Crippen LogP contribution in [0.15, 0.2) is 0 Å². The lowest BCUT2D eigenvalue weighted by molar-refractivity contribution is 0.325. The third-order valence-corrected chi connectivity index (χ3v) is 3.70. The van der Waals surface area contributed by atoms with E-state index in [0.717, 1.165) is 23.9 Å². The SMILES string of the molecule is CC(C)[C@@H]1CC2CCCCC2N1. The average molecular weight is 167 g/mol. The number of fused-ring (bicyclic) bond motifs is 1. The van der Waals surface area contributed by atoms with Crippen molar-refractivity contribution in [3.63, 3.8) is 0 Å². The molecule has 12 heavy (non-hydrogen) atoms. The van der Waals surface area contributed by atoms with Gasteiger partial charge in [0.15, 0.2) is 0 Å². The van der Waals surface area contributed by atoms with E-state index in [0.29, 0.717) is 0 Å². The monoisotopic (exact) mass is 167 g/mol. The molecule has 0 spiro atoms. The van der Waals surface area contributed by atoms with Crippen molar-refractivity contribution in [2.45, 2.75) is 58.0 Å². The lowest BCUT2D eigenvalue weighted by atomic mass is 9.84. The van der Waals surface area contributed by atoms with Crippen molar-refractivity contribution in [1.29, 1.82) is 0 Å². The summed E-state index contributed by atoms with van der Waals surface area (Å²) in [5.74, 6) is 1.85. The Kier molecular flexibility index (Phi) is 2.40. The fraction of sp³-hybridized carbons (Fsp3) is 1.00. The van der Waals surface area contributed by atoms with E-state index >= 15 is 0 Å². The standard InChI is InChI=1S/C11H21N/c1-8(2)11-7-9-5-3-4-6-10(9)12-11/h8-12H,3-7H2,1-2H3/t9?,10?,11-/m0/s1. The molecule has 1 heterocycles. The lowest BCUT2D eigenvalue weighted by Crippen LogP contribution is -2.35. The molecule has 2 unspecified atom stereocenters. The molecule has 0 bridgehead atoms. The summed E-state index contributed by atoms with van der Waals surface area (Å²) in [6, 6.07) is 1.70. The molecule has 1 saturated heterocycles. The Bertz CT molecular complexity index is 139. The van der Waals surface area contributed by atoms with Gasteiger partial charge in [-0.1, -0.05) is 26.7 Å². The van der Waals surface area contributed by atoms with Crippen molar-refractivity contribution in [3.8, 4) is 0 Å². The summed E-state index contributed by atoms with van der Waals surface area (Å²) in [6.07, 6.45) is 7.31. The first-order valence-electron chi connectivity index (χ1n) is 5.53. The van der Waals surface area contributed by atoms with Gasteiger partial charge in [0.1, 0.15) is 0 Å². The summed E-state index contributed by atoms with van der Waals surface area (Å²) in [4.78, 5) is 0. The van der Waals surface area contributed by atoms with E-state index in [1.807, 2.05) is 0 Å². The van der Waals surface area contributed by atoms with Crippen molar-refractivity contribution in [1.82, 2.24) is 5.32 Å². The highest BCUT2D eigenvalue weighted by atomic mass is 15.0. The lowest BCUT2D eigenvalue weighted by Gasteiger charge is -2.24. The minimum atomic E-state index is 0.818. The minimum absolute atomic E-state index is 0.818. The Labute approximate surface area is 75.9 Å². The second-order valence-electron chi connectivity index (χ2n) is 4.90. The van der Waals surface area contributed by atoms with Crippen molar-refractivity contribution in [3.05, 3.63) is 0 Å². The van der Waals surface area contributed by atoms with Gasteiger partial charge in [0.25, 0.3) is 0 Å². The van der Waals surface area contributed by atoms with Crippen LogP contribution in [0.3, 0.4) is 0 Å². The van der Waals surface area contributed by atoms with Gasteiger partial charge in [0.2, 0.25) is 0 Å². The molecule has 0 aromatic rings. The highest BCUT2D eigenvalue weighted by molar-refractivity contribution is 4.93. The molecule has 1 nitrogen and oxygen atoms in total. The van der Waals surface area contributed by atoms with Gasteiger partial charge in [-0.3, -0.25) is 0 Å². The second-order valence-corrected chi connectivity index (χ2v) is 4.90. The first-order valence-corrected chi connectivity index (χ1v) is 5.53. The molecular formula is C11H21N. The fourth-order valence-corrected chi connectivity index (χ4v) is 2.84. The quantitative estimate of drug-likeness (QED) is 0.633. The van der Waals surface area contributed by atoms with Gasteiger partial charge < -0.3 is 5.32 Å². The van der Waals surface area contributed by atoms with Gasteiger partial charge in [0, 0.05) is 12.1 Å². The zero-order valence-corrected chi connectivity index (χ0v) is 8.34. The van der Waals surface area contributed by atoms with Crippen LogP contribution in [0.1, 0.15) is 46.0 Å². The third kappa shape index (κ3) is 1.52. The van der Waals surface area contributed by atoms with Crippen LogP contribution in [0, 0.1) is 11.8 Å². The van der Waals surface area contributed by atoms with Crippen LogP contribution >= 0.6 is 0 Å². The van der Waals surface area contributed by atoms with Crippen LogP contribution < -0.4 is 5.32 Å². The maximum absolute atomic E-state index is 3.79. The molecule has 0 amide bonds. The molecule has 2 fully saturated rings. The van der Waals surface area contributed by atoms with Crippen molar-refractivity contribution < 1.29 is 0 Å². The Hall–Kier alpha value is -0.0400. The molecule has 1 N–H and O–H groups in total. The van der Waals surface area contributed by atoms with E-state index in [9.17, 15) is 0 Å². The molecule has 0 radical (unpaired) electrons. The highest BCUT2D eigenvalue weighted by Gasteiger charge is 2.35. The fourth-order valence-electron chi connectivity index (χ4n) is 2.84. The molecule has 70 valence electrons. The van der Waals surface area contributed by atoms with Gasteiger partial charge in [-0.25, -0.2) is 0 Å². The van der Waals surface area contributed by atoms with Gasteiger partial charge in [0.05, 0.1) is 0 Å². The van der Waals surface area contributed by atoms with E-state index in [-0.39, 0.29) is 0 Å². The second kappa shape index (κ2) is 3.37. The predicted octanol–water partition coefficient (Wildman–Crippen LogP) is 2.56. The summed E-state index contributed by atoms with van der Waals surface area (Å²) < 4.78 is 0. The molecule has 1 saturated carbocycles. The van der Waals surface area contributed by atoms with Crippen molar-refractivity contribution in [2.24, 2.45) is 11.8 Å².